The van der Waals surface area contributed by atoms with Crippen molar-refractivity contribution in [2.75, 3.05) is 6.61 Å². The van der Waals surface area contributed by atoms with Gasteiger partial charge in [-0.25, -0.2) is 0 Å². The van der Waals surface area contributed by atoms with Crippen molar-refractivity contribution < 1.29 is 20.1 Å². The van der Waals surface area contributed by atoms with E-state index in [1.807, 2.05) is 0 Å². The van der Waals surface area contributed by atoms with E-state index < -0.39 is 11.5 Å². The van der Waals surface area contributed by atoms with E-state index in [2.05, 4.69) is 34.9 Å². The summed E-state index contributed by atoms with van der Waals surface area (Å²) in [5.74, 6) is 0. The minimum absolute atomic E-state index is 0.182. The average Bonchev–Trinajstić information content (AvgIpc) is 1.82. The lowest BCUT2D eigenvalue weighted by Gasteiger charge is -2.02. The van der Waals surface area contributed by atoms with E-state index in [-0.39, 0.29) is 11.8 Å². The van der Waals surface area contributed by atoms with Crippen molar-refractivity contribution in [1.82, 2.24) is 0 Å². The van der Waals surface area contributed by atoms with Gasteiger partial charge in [-0.2, -0.15) is 0 Å². The van der Waals surface area contributed by atoms with Gasteiger partial charge in [0.1, 0.15) is 6.61 Å². The molecule has 0 aliphatic carbocycles. The summed E-state index contributed by atoms with van der Waals surface area (Å²) in [7, 11) is 0. The van der Waals surface area contributed by atoms with E-state index in [0.717, 1.165) is 0 Å². The minimum Gasteiger partial charge on any atom is -0.487 e. The maximum absolute atomic E-state index is 8.12. The highest BCUT2D eigenvalue weighted by atomic mass is 32.1. The number of aliphatic hydroxyl groups is 3. The van der Waals surface area contributed by atoms with Gasteiger partial charge in [-0.1, -0.05) is 0 Å². The van der Waals surface area contributed by atoms with Gasteiger partial charge >= 0.3 is 0 Å². The van der Waals surface area contributed by atoms with Crippen LogP contribution in [0.15, 0.2) is 0 Å². The van der Waals surface area contributed by atoms with Gasteiger partial charge < -0.3 is 31.5 Å². The summed E-state index contributed by atoms with van der Waals surface area (Å²) in [6.07, 6.45) is -1.50. The Bertz CT molecular complexity index is 148. The highest BCUT2D eigenvalue weighted by Gasteiger charge is 1.95. The Balaban J connectivity index is 0. The molecule has 0 heterocycles. The summed E-state index contributed by atoms with van der Waals surface area (Å²) in [5.41, 5.74) is 9.23. The molecule has 0 aliphatic heterocycles. The molecule has 8 heteroatoms. The zero-order valence-corrected chi connectivity index (χ0v) is 7.64. The number of aliphatic hydroxyl groups excluding tert-OH is 2. The van der Waals surface area contributed by atoms with Crippen LogP contribution in [-0.4, -0.2) is 38.6 Å². The van der Waals surface area contributed by atoms with Gasteiger partial charge in [-0.05, 0) is 24.4 Å². The Morgan fingerprint density at radius 3 is 1.75 bits per heavy atom. The molecule has 0 fully saturated rings. The van der Waals surface area contributed by atoms with Crippen LogP contribution in [0.5, 0.6) is 0 Å². The molecule has 0 aromatic carbocycles. The molecule has 0 aromatic rings. The molecular weight excluding hydrogens is 204 g/mol. The summed E-state index contributed by atoms with van der Waals surface area (Å²) >= 11 is 8.12. The maximum Gasteiger partial charge on any atom is 0.254 e. The first-order valence-electron chi connectivity index (χ1n) is 2.63. The Morgan fingerprint density at radius 1 is 1.33 bits per heavy atom. The van der Waals surface area contributed by atoms with Crippen molar-refractivity contribution >= 4 is 34.8 Å². The van der Waals surface area contributed by atoms with Crippen LogP contribution in [0.2, 0.25) is 0 Å². The van der Waals surface area contributed by atoms with Crippen molar-refractivity contribution in [2.45, 2.75) is 6.29 Å². The second-order valence-electron chi connectivity index (χ2n) is 1.45. The van der Waals surface area contributed by atoms with Crippen LogP contribution < -0.4 is 11.5 Å². The van der Waals surface area contributed by atoms with Gasteiger partial charge in [-0.3, -0.25) is 0 Å². The SMILES string of the molecule is NC(=S)OCC(O)O.NC(O)=S. The highest BCUT2D eigenvalue weighted by molar-refractivity contribution is 7.80. The van der Waals surface area contributed by atoms with Crippen LogP contribution in [0.1, 0.15) is 0 Å². The molecule has 0 amide bonds. The number of hydrogen-bond donors (Lipinski definition) is 5. The first kappa shape index (κ1) is 13.9. The molecule has 0 rings (SSSR count). The predicted molar refractivity (Wildman–Crippen MR) is 50.4 cm³/mol. The molecule has 7 N–H and O–H groups in total. The molecule has 0 saturated heterocycles. The largest absolute Gasteiger partial charge is 0.487 e. The molecule has 0 atom stereocenters. The molecule has 12 heavy (non-hydrogen) atoms. The fraction of sp³-hybridized carbons (Fsp3) is 0.500. The zero-order chi connectivity index (χ0) is 10.1. The van der Waals surface area contributed by atoms with Gasteiger partial charge in [0, 0.05) is 0 Å². The lowest BCUT2D eigenvalue weighted by Crippen LogP contribution is -2.21. The van der Waals surface area contributed by atoms with Crippen molar-refractivity contribution in [3.8, 4) is 0 Å². The lowest BCUT2D eigenvalue weighted by molar-refractivity contribution is -0.0706. The fourth-order valence-corrected chi connectivity index (χ4v) is 0.225. The standard InChI is InChI=1S/C3H7NO3S.CH3NOS/c4-3(8)7-1-2(5)6;2-1(3)4/h2,5-6H,1H2,(H2,4,8);(H3,2,3,4). The summed E-state index contributed by atoms with van der Waals surface area (Å²) in [6, 6.07) is 0. The van der Waals surface area contributed by atoms with E-state index in [0.29, 0.717) is 0 Å². The average molecular weight is 214 g/mol. The normalized spacial score (nSPS) is 8.25. The lowest BCUT2D eigenvalue weighted by atomic mass is 10.7. The zero-order valence-electron chi connectivity index (χ0n) is 6.01. The van der Waals surface area contributed by atoms with Crippen molar-refractivity contribution in [3.05, 3.63) is 0 Å². The third-order valence-electron chi connectivity index (χ3n) is 0.375. The van der Waals surface area contributed by atoms with E-state index in [4.69, 9.17) is 21.1 Å². The Hall–Kier alpha value is -0.700. The van der Waals surface area contributed by atoms with Crippen LogP contribution in [-0.2, 0) is 4.74 Å². The van der Waals surface area contributed by atoms with Gasteiger partial charge in [0.05, 0.1) is 0 Å². The van der Waals surface area contributed by atoms with Crippen molar-refractivity contribution in [1.29, 1.82) is 0 Å². The molecule has 0 bridgehead atoms. The Labute approximate surface area is 79.7 Å². The number of nitrogens with two attached hydrogens (primary N) is 2. The van der Waals surface area contributed by atoms with Crippen LogP contribution in [0.3, 0.4) is 0 Å². The Morgan fingerprint density at radius 2 is 1.67 bits per heavy atom. The number of hydrogen-bond acceptors (Lipinski definition) is 5. The summed E-state index contributed by atoms with van der Waals surface area (Å²) < 4.78 is 4.31. The molecule has 0 aliphatic rings. The van der Waals surface area contributed by atoms with Gasteiger partial charge in [0.25, 0.3) is 10.3 Å². The van der Waals surface area contributed by atoms with Crippen LogP contribution in [0, 0.1) is 0 Å². The first-order chi connectivity index (χ1) is 5.36. The molecule has 0 radical (unpaired) electrons. The molecule has 6 nitrogen and oxygen atoms in total. The molecule has 72 valence electrons. The predicted octanol–water partition coefficient (Wildman–Crippen LogP) is -1.65. The van der Waals surface area contributed by atoms with Gasteiger partial charge in [-0.15, -0.1) is 0 Å². The topological polar surface area (TPSA) is 122 Å². The highest BCUT2D eigenvalue weighted by Crippen LogP contribution is 1.77. The third-order valence-corrected chi connectivity index (χ3v) is 0.493. The maximum atomic E-state index is 8.12. The molecule has 0 spiro atoms. The van der Waals surface area contributed by atoms with Crippen molar-refractivity contribution in [3.63, 3.8) is 0 Å². The molecule has 0 unspecified atom stereocenters. The van der Waals surface area contributed by atoms with Crippen molar-refractivity contribution in [2.24, 2.45) is 11.5 Å². The van der Waals surface area contributed by atoms with Gasteiger partial charge in [0.15, 0.2) is 6.29 Å². The summed E-state index contributed by atoms with van der Waals surface area (Å²) in [6.45, 7) is -0.269. The number of rotatable bonds is 2. The van der Waals surface area contributed by atoms with Crippen LogP contribution in [0.25, 0.3) is 0 Å². The number of ether oxygens (including phenoxy) is 1. The Kier molecular flexibility index (Phi) is 9.70. The first-order valence-corrected chi connectivity index (χ1v) is 3.44. The van der Waals surface area contributed by atoms with E-state index in [1.165, 1.54) is 0 Å². The van der Waals surface area contributed by atoms with Crippen LogP contribution in [0.4, 0.5) is 0 Å². The minimum atomic E-state index is -1.50. The van der Waals surface area contributed by atoms with E-state index in [1.54, 1.807) is 0 Å². The molecule has 0 aromatic heterocycles. The third kappa shape index (κ3) is 34.6. The fourth-order valence-electron chi connectivity index (χ4n) is 0.157. The monoisotopic (exact) mass is 214 g/mol. The molecular formula is C4H10N2O4S2. The van der Waals surface area contributed by atoms with Gasteiger partial charge in [0.2, 0.25) is 0 Å². The second-order valence-corrected chi connectivity index (χ2v) is 2.27. The van der Waals surface area contributed by atoms with E-state index in [9.17, 15) is 0 Å². The molecule has 0 saturated carbocycles. The number of thiocarbonyl (C=S) groups is 2. The van der Waals surface area contributed by atoms with E-state index >= 15 is 0 Å². The second kappa shape index (κ2) is 8.40. The smallest absolute Gasteiger partial charge is 0.254 e. The summed E-state index contributed by atoms with van der Waals surface area (Å²) in [5, 5.41) is 23.1. The van der Waals surface area contributed by atoms with Crippen LogP contribution >= 0.6 is 24.4 Å². The quantitative estimate of drug-likeness (QED) is 0.273. The summed E-state index contributed by atoms with van der Waals surface area (Å²) in [4.78, 5) is 0.